The van der Waals surface area contributed by atoms with Crippen molar-refractivity contribution in [3.63, 3.8) is 0 Å². The molecule has 0 fully saturated rings. The van der Waals surface area contributed by atoms with Crippen LogP contribution in [0.25, 0.3) is 0 Å². The number of aliphatic hydroxyl groups is 1. The van der Waals surface area contributed by atoms with Gasteiger partial charge in [-0.25, -0.2) is 4.79 Å². The molecule has 2 N–H and O–H groups in total. The first-order chi connectivity index (χ1) is 6.92. The van der Waals surface area contributed by atoms with Gasteiger partial charge in [-0.2, -0.15) is 0 Å². The van der Waals surface area contributed by atoms with Crippen LogP contribution < -0.4 is 4.74 Å². The van der Waals surface area contributed by atoms with Crippen molar-refractivity contribution in [1.82, 2.24) is 0 Å². The van der Waals surface area contributed by atoms with Crippen LogP contribution in [0.3, 0.4) is 0 Å². The number of aliphatic carboxylic acids is 1. The fourth-order valence-corrected chi connectivity index (χ4v) is 0.920. The largest absolute Gasteiger partial charge is 0.490 e. The van der Waals surface area contributed by atoms with Crippen molar-refractivity contribution >= 4 is 5.97 Å². The molecule has 0 aliphatic heterocycles. The molecule has 0 heterocycles. The van der Waals surface area contributed by atoms with Gasteiger partial charge in [0.15, 0.2) is 5.60 Å². The Bertz CT molecular complexity index is 341. The van der Waals surface area contributed by atoms with E-state index in [4.69, 9.17) is 9.84 Å². The van der Waals surface area contributed by atoms with Gasteiger partial charge in [0.2, 0.25) is 0 Å². The van der Waals surface area contributed by atoms with Crippen LogP contribution in [0.5, 0.6) is 5.75 Å². The third kappa shape index (κ3) is 3.90. The maximum Gasteiger partial charge on any atom is 0.339 e. The first-order valence-electron chi connectivity index (χ1n) is 4.57. The van der Waals surface area contributed by atoms with E-state index in [1.54, 1.807) is 12.1 Å². The summed E-state index contributed by atoms with van der Waals surface area (Å²) in [7, 11) is 0. The van der Waals surface area contributed by atoms with E-state index < -0.39 is 11.6 Å². The quantitative estimate of drug-likeness (QED) is 0.822. The van der Waals surface area contributed by atoms with E-state index in [-0.39, 0.29) is 14.0 Å². The lowest BCUT2D eigenvalue weighted by molar-refractivity contribution is -0.159. The molecule has 1 rings (SSSR count). The Morgan fingerprint density at radius 3 is 2.31 bits per heavy atom. The Hall–Kier alpha value is -1.55. The molecule has 0 radical (unpaired) electrons. The second kappa shape index (κ2) is 5.51. The third-order valence-electron chi connectivity index (χ3n) is 2.00. The van der Waals surface area contributed by atoms with E-state index >= 15 is 0 Å². The molecule has 0 spiro atoms. The first kappa shape index (κ1) is 14.5. The molecular weight excluding hydrogens is 208 g/mol. The molecule has 16 heavy (non-hydrogen) atoms. The Morgan fingerprint density at radius 1 is 1.38 bits per heavy atom. The Morgan fingerprint density at radius 2 is 1.88 bits per heavy atom. The van der Waals surface area contributed by atoms with Crippen molar-refractivity contribution in [3.8, 4) is 5.75 Å². The fraction of sp³-hybridized carbons (Fsp3) is 0.417. The average molecular weight is 226 g/mol. The van der Waals surface area contributed by atoms with E-state index in [9.17, 15) is 9.90 Å². The highest BCUT2D eigenvalue weighted by molar-refractivity contribution is 5.76. The number of hydrogen-bond acceptors (Lipinski definition) is 3. The minimum absolute atomic E-state index is 0. The molecule has 1 atom stereocenters. The summed E-state index contributed by atoms with van der Waals surface area (Å²) in [6.45, 7) is 2.87. The second-order valence-electron chi connectivity index (χ2n) is 3.68. The van der Waals surface area contributed by atoms with E-state index in [2.05, 4.69) is 0 Å². The average Bonchev–Trinajstić information content (AvgIpc) is 2.17. The molecule has 0 amide bonds. The second-order valence-corrected chi connectivity index (χ2v) is 3.68. The number of benzene rings is 1. The molecule has 0 saturated carbocycles. The van der Waals surface area contributed by atoms with Gasteiger partial charge in [0.25, 0.3) is 0 Å². The summed E-state index contributed by atoms with van der Waals surface area (Å²) in [6.07, 6.45) is 0. The van der Waals surface area contributed by atoms with Crippen molar-refractivity contribution in [2.45, 2.75) is 26.9 Å². The summed E-state index contributed by atoms with van der Waals surface area (Å²) >= 11 is 0. The van der Waals surface area contributed by atoms with Crippen LogP contribution in [-0.4, -0.2) is 28.4 Å². The summed E-state index contributed by atoms with van der Waals surface area (Å²) in [5.41, 5.74) is -0.766. The van der Waals surface area contributed by atoms with Gasteiger partial charge in [0.1, 0.15) is 12.4 Å². The van der Waals surface area contributed by atoms with Gasteiger partial charge in [-0.15, -0.1) is 0 Å². The molecule has 0 aliphatic carbocycles. The number of carboxylic acids is 1. The van der Waals surface area contributed by atoms with Crippen LogP contribution >= 0.6 is 0 Å². The highest BCUT2D eigenvalue weighted by Crippen LogP contribution is 2.14. The van der Waals surface area contributed by atoms with E-state index in [1.165, 1.54) is 6.92 Å². The van der Waals surface area contributed by atoms with Crippen molar-refractivity contribution in [2.24, 2.45) is 0 Å². The van der Waals surface area contributed by atoms with Crippen LogP contribution in [0.4, 0.5) is 0 Å². The van der Waals surface area contributed by atoms with Crippen molar-refractivity contribution in [3.05, 3.63) is 29.8 Å². The predicted molar refractivity (Wildman–Crippen MR) is 61.7 cm³/mol. The number of ether oxygens (including phenoxy) is 1. The third-order valence-corrected chi connectivity index (χ3v) is 2.00. The predicted octanol–water partition coefficient (Wildman–Crippen LogP) is 1.85. The Balaban J connectivity index is 0.00000225. The van der Waals surface area contributed by atoms with Crippen molar-refractivity contribution < 1.29 is 19.7 Å². The highest BCUT2D eigenvalue weighted by Gasteiger charge is 2.30. The zero-order valence-electron chi connectivity index (χ0n) is 8.73. The molecule has 0 aliphatic rings. The Kier molecular flexibility index (Phi) is 4.98. The zero-order valence-corrected chi connectivity index (χ0v) is 8.73. The topological polar surface area (TPSA) is 66.8 Å². The number of aryl methyl sites for hydroxylation is 1. The lowest BCUT2D eigenvalue weighted by Gasteiger charge is -2.18. The smallest absolute Gasteiger partial charge is 0.339 e. The van der Waals surface area contributed by atoms with Gasteiger partial charge in [0.05, 0.1) is 0 Å². The molecule has 1 aromatic carbocycles. The summed E-state index contributed by atoms with van der Waals surface area (Å²) in [4.78, 5) is 10.6. The number of carboxylic acid groups (broad SMARTS) is 1. The van der Waals surface area contributed by atoms with E-state index in [0.717, 1.165) is 5.56 Å². The number of hydrogen-bond donors (Lipinski definition) is 2. The van der Waals surface area contributed by atoms with Gasteiger partial charge < -0.3 is 14.9 Å². The maximum atomic E-state index is 10.6. The normalized spacial score (nSPS) is 13.4. The fourth-order valence-electron chi connectivity index (χ4n) is 0.920. The molecule has 4 heteroatoms. The molecule has 4 nitrogen and oxygen atoms in total. The van der Waals surface area contributed by atoms with Gasteiger partial charge in [-0.3, -0.25) is 0 Å². The van der Waals surface area contributed by atoms with Crippen LogP contribution in [0, 0.1) is 6.92 Å². The summed E-state index contributed by atoms with van der Waals surface area (Å²) in [5.74, 6) is -0.753. The molecule has 0 aromatic heterocycles. The molecule has 90 valence electrons. The molecule has 0 bridgehead atoms. The van der Waals surface area contributed by atoms with Gasteiger partial charge in [-0.05, 0) is 26.0 Å². The lowest BCUT2D eigenvalue weighted by atomic mass is 10.1. The van der Waals surface area contributed by atoms with Gasteiger partial charge in [-0.1, -0.05) is 25.1 Å². The molecule has 1 aromatic rings. The standard InChI is InChI=1S/C11H14O4.CH4/c1-8-3-5-9(6-4-8)15-7-11(2,14)10(12)13;/h3-6,14H,7H2,1-2H3,(H,12,13);1H4/t11-;/m1./s1. The minimum atomic E-state index is -1.86. The van der Waals surface area contributed by atoms with Crippen LogP contribution in [0.2, 0.25) is 0 Å². The van der Waals surface area contributed by atoms with Crippen LogP contribution in [0.1, 0.15) is 19.9 Å². The van der Waals surface area contributed by atoms with Gasteiger partial charge in [0, 0.05) is 0 Å². The maximum absolute atomic E-state index is 10.6. The number of rotatable bonds is 4. The molecular formula is C12H18O4. The van der Waals surface area contributed by atoms with Crippen molar-refractivity contribution in [2.75, 3.05) is 6.61 Å². The highest BCUT2D eigenvalue weighted by atomic mass is 16.5. The monoisotopic (exact) mass is 226 g/mol. The van der Waals surface area contributed by atoms with Crippen LogP contribution in [-0.2, 0) is 4.79 Å². The summed E-state index contributed by atoms with van der Waals surface area (Å²) < 4.78 is 5.16. The SMILES string of the molecule is C.Cc1ccc(OC[C@@](C)(O)C(=O)O)cc1. The van der Waals surface area contributed by atoms with E-state index in [1.807, 2.05) is 19.1 Å². The number of carbonyl (C=O) groups is 1. The summed E-state index contributed by atoms with van der Waals surface area (Å²) in [6, 6.07) is 7.16. The molecule has 0 unspecified atom stereocenters. The van der Waals surface area contributed by atoms with Crippen molar-refractivity contribution in [1.29, 1.82) is 0 Å². The molecule has 0 saturated heterocycles. The van der Waals surface area contributed by atoms with Gasteiger partial charge >= 0.3 is 5.97 Å². The summed E-state index contributed by atoms with van der Waals surface area (Å²) in [5, 5.41) is 18.0. The zero-order chi connectivity index (χ0) is 11.5. The lowest BCUT2D eigenvalue weighted by Crippen LogP contribution is -2.41. The Labute approximate surface area is 95.5 Å². The first-order valence-corrected chi connectivity index (χ1v) is 4.57. The van der Waals surface area contributed by atoms with Crippen LogP contribution in [0.15, 0.2) is 24.3 Å². The minimum Gasteiger partial charge on any atom is -0.490 e. The van der Waals surface area contributed by atoms with E-state index in [0.29, 0.717) is 5.75 Å².